The number of hydrogen-bond acceptors (Lipinski definition) is 2. The minimum absolute atomic E-state index is 0.0241. The summed E-state index contributed by atoms with van der Waals surface area (Å²) in [6, 6.07) is 17.5. The Hall–Kier alpha value is -2.61. The lowest BCUT2D eigenvalue weighted by molar-refractivity contribution is 0.104. The summed E-state index contributed by atoms with van der Waals surface area (Å²) in [4.78, 5) is 12.9. The first-order chi connectivity index (χ1) is 10.1. The predicted molar refractivity (Wildman–Crippen MR) is 87.7 cm³/mol. The number of nitrogen functional groups attached to an aromatic ring is 1. The van der Waals surface area contributed by atoms with Gasteiger partial charge in [-0.2, -0.15) is 0 Å². The van der Waals surface area contributed by atoms with E-state index in [0.29, 0.717) is 11.3 Å². The summed E-state index contributed by atoms with van der Waals surface area (Å²) < 4.78 is 0. The first-order valence-electron chi connectivity index (χ1n) is 6.97. The maximum absolute atomic E-state index is 12.9. The van der Waals surface area contributed by atoms with Crippen LogP contribution in [0.5, 0.6) is 0 Å². The summed E-state index contributed by atoms with van der Waals surface area (Å²) in [5.41, 5.74) is 9.98. The molecule has 0 heterocycles. The molecule has 0 aliphatic rings. The molecular formula is C19H17NO. The van der Waals surface area contributed by atoms with Crippen LogP contribution in [0.15, 0.2) is 54.6 Å². The van der Waals surface area contributed by atoms with Gasteiger partial charge in [0.1, 0.15) is 0 Å². The van der Waals surface area contributed by atoms with Crippen LogP contribution in [0.25, 0.3) is 10.8 Å². The molecule has 2 nitrogen and oxygen atoms in total. The number of carbonyl (C=O) groups excluding carboxylic acids is 1. The zero-order valence-electron chi connectivity index (χ0n) is 12.2. The van der Waals surface area contributed by atoms with E-state index in [0.717, 1.165) is 27.5 Å². The van der Waals surface area contributed by atoms with Gasteiger partial charge in [-0.15, -0.1) is 0 Å². The Labute approximate surface area is 124 Å². The normalized spacial score (nSPS) is 10.8. The Morgan fingerprint density at radius 1 is 0.857 bits per heavy atom. The van der Waals surface area contributed by atoms with Crippen LogP contribution in [-0.4, -0.2) is 5.78 Å². The largest absolute Gasteiger partial charge is 0.398 e. The van der Waals surface area contributed by atoms with E-state index >= 15 is 0 Å². The first kappa shape index (κ1) is 13.4. The van der Waals surface area contributed by atoms with Crippen molar-refractivity contribution in [3.8, 4) is 0 Å². The highest BCUT2D eigenvalue weighted by Gasteiger charge is 2.15. The summed E-state index contributed by atoms with van der Waals surface area (Å²) in [5, 5.41) is 2.05. The summed E-state index contributed by atoms with van der Waals surface area (Å²) in [6.07, 6.45) is 0. The lowest BCUT2D eigenvalue weighted by Crippen LogP contribution is -2.06. The van der Waals surface area contributed by atoms with Crippen molar-refractivity contribution in [2.75, 3.05) is 5.73 Å². The van der Waals surface area contributed by atoms with Crippen molar-refractivity contribution < 1.29 is 4.79 Å². The second-order valence-electron chi connectivity index (χ2n) is 5.38. The van der Waals surface area contributed by atoms with Gasteiger partial charge >= 0.3 is 0 Å². The summed E-state index contributed by atoms with van der Waals surface area (Å²) in [5.74, 6) is 0.0241. The maximum Gasteiger partial charge on any atom is 0.193 e. The van der Waals surface area contributed by atoms with Crippen LogP contribution >= 0.6 is 0 Å². The van der Waals surface area contributed by atoms with E-state index in [1.165, 1.54) is 0 Å². The van der Waals surface area contributed by atoms with Crippen LogP contribution in [0.4, 0.5) is 5.69 Å². The molecule has 3 aromatic rings. The molecule has 0 atom stereocenters. The number of benzene rings is 3. The SMILES string of the molecule is Cc1cc(C)c(C(=O)c2cccc3ccccc23)cc1N. The van der Waals surface area contributed by atoms with Gasteiger partial charge < -0.3 is 5.73 Å². The number of aryl methyl sites for hydroxylation is 2. The quantitative estimate of drug-likeness (QED) is 0.560. The number of rotatable bonds is 2. The standard InChI is InChI=1S/C19H17NO/c1-12-10-13(2)18(20)11-17(12)19(21)16-9-5-7-14-6-3-4-8-15(14)16/h3-11H,20H2,1-2H3. The monoisotopic (exact) mass is 275 g/mol. The van der Waals surface area contributed by atoms with E-state index in [2.05, 4.69) is 0 Å². The number of anilines is 1. The maximum atomic E-state index is 12.9. The van der Waals surface area contributed by atoms with Crippen LogP contribution in [-0.2, 0) is 0 Å². The van der Waals surface area contributed by atoms with Crippen molar-refractivity contribution in [2.45, 2.75) is 13.8 Å². The van der Waals surface area contributed by atoms with Gasteiger partial charge in [0.25, 0.3) is 0 Å². The second-order valence-corrected chi connectivity index (χ2v) is 5.38. The molecule has 3 rings (SSSR count). The minimum atomic E-state index is 0.0241. The number of ketones is 1. The molecular weight excluding hydrogens is 258 g/mol. The zero-order valence-corrected chi connectivity index (χ0v) is 12.2. The van der Waals surface area contributed by atoms with E-state index in [4.69, 9.17) is 5.73 Å². The molecule has 0 unspecified atom stereocenters. The lowest BCUT2D eigenvalue weighted by Gasteiger charge is -2.10. The third kappa shape index (κ3) is 2.29. The Balaban J connectivity index is 2.20. The predicted octanol–water partition coefficient (Wildman–Crippen LogP) is 4.27. The van der Waals surface area contributed by atoms with Crippen molar-refractivity contribution in [1.29, 1.82) is 0 Å². The molecule has 0 spiro atoms. The third-order valence-corrected chi connectivity index (χ3v) is 3.89. The molecule has 3 aromatic carbocycles. The molecule has 0 amide bonds. The Kier molecular flexibility index (Phi) is 3.22. The van der Waals surface area contributed by atoms with Gasteiger partial charge in [0.15, 0.2) is 5.78 Å². The Morgan fingerprint density at radius 3 is 2.38 bits per heavy atom. The fourth-order valence-electron chi connectivity index (χ4n) is 2.68. The topological polar surface area (TPSA) is 43.1 Å². The van der Waals surface area contributed by atoms with Crippen molar-refractivity contribution >= 4 is 22.2 Å². The molecule has 0 fully saturated rings. The molecule has 0 saturated carbocycles. The first-order valence-corrected chi connectivity index (χ1v) is 6.97. The Morgan fingerprint density at radius 2 is 1.57 bits per heavy atom. The summed E-state index contributed by atoms with van der Waals surface area (Å²) in [6.45, 7) is 3.90. The highest BCUT2D eigenvalue weighted by molar-refractivity contribution is 6.17. The van der Waals surface area contributed by atoms with Crippen LogP contribution in [0.1, 0.15) is 27.0 Å². The van der Waals surface area contributed by atoms with Crippen LogP contribution in [0, 0.1) is 13.8 Å². The molecule has 0 aliphatic heterocycles. The highest BCUT2D eigenvalue weighted by Crippen LogP contribution is 2.25. The van der Waals surface area contributed by atoms with Gasteiger partial charge in [0, 0.05) is 16.8 Å². The minimum Gasteiger partial charge on any atom is -0.398 e. The van der Waals surface area contributed by atoms with Crippen molar-refractivity contribution in [1.82, 2.24) is 0 Å². The number of fused-ring (bicyclic) bond motifs is 1. The number of carbonyl (C=O) groups is 1. The molecule has 21 heavy (non-hydrogen) atoms. The molecule has 2 N–H and O–H groups in total. The van der Waals surface area contributed by atoms with Crippen molar-refractivity contribution in [3.05, 3.63) is 76.9 Å². The van der Waals surface area contributed by atoms with E-state index in [9.17, 15) is 4.79 Å². The van der Waals surface area contributed by atoms with E-state index in [-0.39, 0.29) is 5.78 Å². The fraction of sp³-hybridized carbons (Fsp3) is 0.105. The molecule has 0 aromatic heterocycles. The van der Waals surface area contributed by atoms with E-state index < -0.39 is 0 Å². The fourth-order valence-corrected chi connectivity index (χ4v) is 2.68. The van der Waals surface area contributed by atoms with Gasteiger partial charge in [0.2, 0.25) is 0 Å². The van der Waals surface area contributed by atoms with Gasteiger partial charge in [-0.3, -0.25) is 4.79 Å². The lowest BCUT2D eigenvalue weighted by atomic mass is 9.93. The van der Waals surface area contributed by atoms with Crippen molar-refractivity contribution in [2.24, 2.45) is 0 Å². The van der Waals surface area contributed by atoms with E-state index in [1.54, 1.807) is 6.07 Å². The third-order valence-electron chi connectivity index (χ3n) is 3.89. The Bertz CT molecular complexity index is 844. The molecule has 104 valence electrons. The molecule has 0 radical (unpaired) electrons. The van der Waals surface area contributed by atoms with Gasteiger partial charge in [-0.25, -0.2) is 0 Å². The molecule has 0 saturated heterocycles. The van der Waals surface area contributed by atoms with Gasteiger partial charge in [-0.1, -0.05) is 48.5 Å². The van der Waals surface area contributed by atoms with Crippen LogP contribution in [0.3, 0.4) is 0 Å². The summed E-state index contributed by atoms with van der Waals surface area (Å²) in [7, 11) is 0. The van der Waals surface area contributed by atoms with Gasteiger partial charge in [0.05, 0.1) is 0 Å². The molecule has 0 aliphatic carbocycles. The van der Waals surface area contributed by atoms with Crippen LogP contribution in [0.2, 0.25) is 0 Å². The molecule has 2 heteroatoms. The summed E-state index contributed by atoms with van der Waals surface area (Å²) >= 11 is 0. The number of hydrogen-bond donors (Lipinski definition) is 1. The smallest absolute Gasteiger partial charge is 0.193 e. The number of nitrogens with two attached hydrogens (primary N) is 1. The zero-order chi connectivity index (χ0) is 15.0. The average Bonchev–Trinajstić information content (AvgIpc) is 2.49. The van der Waals surface area contributed by atoms with Crippen LogP contribution < -0.4 is 5.73 Å². The molecule has 0 bridgehead atoms. The van der Waals surface area contributed by atoms with Gasteiger partial charge in [-0.05, 0) is 41.8 Å². The second kappa shape index (κ2) is 5.06. The van der Waals surface area contributed by atoms with E-state index in [1.807, 2.05) is 62.4 Å². The highest BCUT2D eigenvalue weighted by atomic mass is 16.1. The average molecular weight is 275 g/mol. The van der Waals surface area contributed by atoms with Crippen molar-refractivity contribution in [3.63, 3.8) is 0 Å².